The molecule has 2 fully saturated rings. The third-order valence-corrected chi connectivity index (χ3v) is 13.9. The largest absolute Gasteiger partial charge is 0.497 e. The number of benzene rings is 1. The van der Waals surface area contributed by atoms with Crippen molar-refractivity contribution in [1.82, 2.24) is 25.2 Å². The Morgan fingerprint density at radius 3 is 2.45 bits per heavy atom. The highest BCUT2D eigenvalue weighted by Gasteiger charge is 2.56. The maximum absolute atomic E-state index is 15.9. The number of sulfonamides is 1. The summed E-state index contributed by atoms with van der Waals surface area (Å²) in [4.78, 5) is 62.5. The van der Waals surface area contributed by atoms with Crippen LogP contribution in [0.4, 0.5) is 13.6 Å². The van der Waals surface area contributed by atoms with Crippen molar-refractivity contribution in [2.75, 3.05) is 20.3 Å². The molecule has 0 spiro atoms. The van der Waals surface area contributed by atoms with Gasteiger partial charge in [0.05, 0.1) is 41.8 Å². The van der Waals surface area contributed by atoms with Crippen molar-refractivity contribution in [3.63, 3.8) is 0 Å². The van der Waals surface area contributed by atoms with Crippen LogP contribution in [-0.4, -0.2) is 90.9 Å². The van der Waals surface area contributed by atoms with Gasteiger partial charge in [-0.15, -0.1) is 0 Å². The van der Waals surface area contributed by atoms with Gasteiger partial charge in [-0.25, -0.2) is 27.0 Å². The topological polar surface area (TPSA) is 182 Å². The molecule has 5 atom stereocenters. The highest BCUT2D eigenvalue weighted by molar-refractivity contribution is 7.91. The summed E-state index contributed by atoms with van der Waals surface area (Å²) in [6.45, 7) is 9.46. The second-order valence-corrected chi connectivity index (χ2v) is 19.7. The van der Waals surface area contributed by atoms with E-state index in [1.54, 1.807) is 45.1 Å². The zero-order chi connectivity index (χ0) is 43.8. The minimum atomic E-state index is -4.11. The number of alkyl halides is 2. The summed E-state index contributed by atoms with van der Waals surface area (Å²) in [5.74, 6) is -6.77. The number of pyridine rings is 1. The van der Waals surface area contributed by atoms with E-state index in [2.05, 4.69) is 15.4 Å². The second-order valence-electron chi connectivity index (χ2n) is 17.5. The van der Waals surface area contributed by atoms with Crippen LogP contribution in [0.25, 0.3) is 10.9 Å². The summed E-state index contributed by atoms with van der Waals surface area (Å²) in [5, 5.41) is 5.59. The number of ether oxygens (including phenoxy) is 3. The Labute approximate surface area is 350 Å². The number of alkyl carbamates (subject to hydrolysis) is 1. The smallest absolute Gasteiger partial charge is 0.407 e. The standard InChI is InChI=1S/C43H57F2N5O9S/c1-25(2)24-58-40(54)47-32-14-12-10-8-9-11-13-27-17-18-43(27,39(53)49-60(55,56)41(5)19-20-41)48-37(51)33-22-29(23-50(33)38(32)52)59-36-34(42(6,44)45)30-21-28(57-7)15-16-31(30)46-35(36)26(3)4/h11,13,15-18,21,25-27,29,32-33H,8-10,12,14,19-20,22-24H2,1-7H3,(H,47,54)(H,48,51)(H,49,53). The number of rotatable bonds is 11. The third-order valence-electron chi connectivity index (χ3n) is 11.8. The molecule has 3 N–H and O–H groups in total. The molecule has 17 heteroatoms. The first-order valence-electron chi connectivity index (χ1n) is 20.7. The predicted molar refractivity (Wildman–Crippen MR) is 220 cm³/mol. The van der Waals surface area contributed by atoms with Gasteiger partial charge in [0.1, 0.15) is 29.5 Å². The lowest BCUT2D eigenvalue weighted by molar-refractivity contribution is -0.142. The Hall–Kier alpha value is -4.80. The number of hydrogen-bond acceptors (Lipinski definition) is 10. The first-order chi connectivity index (χ1) is 28.2. The van der Waals surface area contributed by atoms with Crippen LogP contribution < -0.4 is 24.8 Å². The van der Waals surface area contributed by atoms with Crippen molar-refractivity contribution in [1.29, 1.82) is 0 Å². The van der Waals surface area contributed by atoms with Crippen LogP contribution >= 0.6 is 0 Å². The number of carbonyl (C=O) groups is 4. The van der Waals surface area contributed by atoms with E-state index in [9.17, 15) is 27.6 Å². The molecule has 2 aliphatic carbocycles. The van der Waals surface area contributed by atoms with Crippen molar-refractivity contribution < 1.29 is 50.6 Å². The van der Waals surface area contributed by atoms with Gasteiger partial charge >= 0.3 is 6.09 Å². The van der Waals surface area contributed by atoms with E-state index in [0.29, 0.717) is 49.8 Å². The number of carbonyl (C=O) groups excluding carboxylic acids is 4. The zero-order valence-corrected chi connectivity index (χ0v) is 36.1. The summed E-state index contributed by atoms with van der Waals surface area (Å²) in [6, 6.07) is 2.20. The Morgan fingerprint density at radius 1 is 1.10 bits per heavy atom. The molecule has 1 aromatic heterocycles. The van der Waals surface area contributed by atoms with Crippen LogP contribution in [0.5, 0.6) is 11.5 Å². The fourth-order valence-corrected chi connectivity index (χ4v) is 9.16. The van der Waals surface area contributed by atoms with Gasteiger partial charge in [0, 0.05) is 24.6 Å². The summed E-state index contributed by atoms with van der Waals surface area (Å²) in [6.07, 6.45) is 8.17. The van der Waals surface area contributed by atoms with Crippen LogP contribution in [-0.2, 0) is 35.1 Å². The number of nitrogens with one attached hydrogen (secondary N) is 3. The van der Waals surface area contributed by atoms with Gasteiger partial charge in [0.15, 0.2) is 5.75 Å². The molecule has 14 nitrogen and oxygen atoms in total. The van der Waals surface area contributed by atoms with E-state index in [0.717, 1.165) is 6.92 Å². The Morgan fingerprint density at radius 2 is 1.83 bits per heavy atom. The van der Waals surface area contributed by atoms with Crippen LogP contribution in [0, 0.1) is 11.8 Å². The lowest BCUT2D eigenvalue weighted by Crippen LogP contribution is -2.67. The highest BCUT2D eigenvalue weighted by atomic mass is 32.2. The molecular formula is C43H57F2N5O9S. The highest BCUT2D eigenvalue weighted by Crippen LogP contribution is 2.46. The van der Waals surface area contributed by atoms with Crippen molar-refractivity contribution >= 4 is 44.7 Å². The van der Waals surface area contributed by atoms with Gasteiger partial charge in [-0.3, -0.25) is 19.1 Å². The number of nitrogens with zero attached hydrogens (tertiary/aromatic N) is 2. The Bertz CT molecular complexity index is 2170. The normalized spacial score (nSPS) is 25.7. The van der Waals surface area contributed by atoms with Gasteiger partial charge in [0.25, 0.3) is 11.8 Å². The molecule has 1 saturated carbocycles. The molecule has 0 bridgehead atoms. The molecule has 4 aliphatic rings. The molecule has 4 amide bonds. The van der Waals surface area contributed by atoms with Crippen LogP contribution in [0.1, 0.15) is 110 Å². The molecule has 2 aromatic rings. The minimum Gasteiger partial charge on any atom is -0.497 e. The average Bonchev–Trinajstić information content (AvgIpc) is 3.80. The summed E-state index contributed by atoms with van der Waals surface area (Å²) >= 11 is 0. The number of aromatic nitrogens is 1. The third kappa shape index (κ3) is 9.25. The average molecular weight is 858 g/mol. The van der Waals surface area contributed by atoms with E-state index >= 15 is 8.78 Å². The summed E-state index contributed by atoms with van der Waals surface area (Å²) in [7, 11) is -2.69. The lowest BCUT2D eigenvalue weighted by atomic mass is 9.73. The number of amides is 4. The number of hydrogen-bond donors (Lipinski definition) is 3. The maximum atomic E-state index is 15.9. The molecule has 1 saturated heterocycles. The fourth-order valence-electron chi connectivity index (χ4n) is 7.86. The van der Waals surface area contributed by atoms with Crippen molar-refractivity contribution in [3.8, 4) is 11.5 Å². The number of fused-ring (bicyclic) bond motifs is 3. The first kappa shape index (κ1) is 44.7. The molecule has 60 heavy (non-hydrogen) atoms. The van der Waals surface area contributed by atoms with E-state index < -0.39 is 85.6 Å². The summed E-state index contributed by atoms with van der Waals surface area (Å²) in [5.41, 5.74) is -1.72. The van der Waals surface area contributed by atoms with Crippen molar-refractivity contribution in [3.05, 3.63) is 53.8 Å². The second kappa shape index (κ2) is 17.3. The van der Waals surface area contributed by atoms with Crippen LogP contribution in [0.2, 0.25) is 0 Å². The van der Waals surface area contributed by atoms with Gasteiger partial charge < -0.3 is 29.7 Å². The Kier molecular flexibility index (Phi) is 12.9. The van der Waals surface area contributed by atoms with E-state index in [1.807, 2.05) is 19.9 Å². The predicted octanol–water partition coefficient (Wildman–Crippen LogP) is 6.14. The molecule has 2 aliphatic heterocycles. The van der Waals surface area contributed by atoms with Gasteiger partial charge in [-0.1, -0.05) is 64.8 Å². The molecular weight excluding hydrogens is 801 g/mol. The van der Waals surface area contributed by atoms with E-state index in [1.165, 1.54) is 24.2 Å². The quantitative estimate of drug-likeness (QED) is 0.222. The lowest BCUT2D eigenvalue weighted by Gasteiger charge is -2.42. The van der Waals surface area contributed by atoms with Gasteiger partial charge in [0.2, 0.25) is 21.8 Å². The van der Waals surface area contributed by atoms with Crippen LogP contribution in [0.15, 0.2) is 42.5 Å². The van der Waals surface area contributed by atoms with Gasteiger partial charge in [-0.05, 0) is 69.1 Å². The molecule has 328 valence electrons. The summed E-state index contributed by atoms with van der Waals surface area (Å²) < 4.78 is 76.6. The minimum absolute atomic E-state index is 0.0230. The first-order valence-corrected chi connectivity index (χ1v) is 22.2. The fraction of sp³-hybridized carbons (Fsp3) is 0.605. The van der Waals surface area contributed by atoms with Crippen molar-refractivity contribution in [2.45, 2.75) is 133 Å². The van der Waals surface area contributed by atoms with Crippen molar-refractivity contribution in [2.24, 2.45) is 11.8 Å². The number of methoxy groups -OCH3 is 1. The monoisotopic (exact) mass is 857 g/mol. The van der Waals surface area contributed by atoms with Crippen LogP contribution in [0.3, 0.4) is 0 Å². The maximum Gasteiger partial charge on any atom is 0.407 e. The molecule has 5 unspecified atom stereocenters. The molecule has 6 rings (SSSR count). The Balaban J connectivity index is 1.41. The zero-order valence-electron chi connectivity index (χ0n) is 35.3. The SMILES string of the molecule is COc1ccc2nc(C(C)C)c(OC3CC4C(=O)NC5(C(=O)NS(=O)(=O)C6(C)CC6)C=CC5C=CCCCCCC(NC(=O)OCC(C)C)C(=O)N4C3)c(C(C)(F)F)c2c1. The number of halogens is 2. The molecule has 1 aromatic carbocycles. The molecule has 0 radical (unpaired) electrons. The van der Waals surface area contributed by atoms with Gasteiger partial charge in [-0.2, -0.15) is 0 Å². The van der Waals surface area contributed by atoms with E-state index in [-0.39, 0.29) is 48.7 Å². The van der Waals surface area contributed by atoms with E-state index in [4.69, 9.17) is 19.2 Å². The molecule has 3 heterocycles. The number of allylic oxidation sites excluding steroid dienone is 1.